The summed E-state index contributed by atoms with van der Waals surface area (Å²) in [6.45, 7) is 0.354. The molecule has 0 aliphatic carbocycles. The summed E-state index contributed by atoms with van der Waals surface area (Å²) in [5.74, 6) is -0.0955. The first-order valence-electron chi connectivity index (χ1n) is 8.69. The van der Waals surface area contributed by atoms with E-state index < -0.39 is 5.82 Å². The lowest BCUT2D eigenvalue weighted by Crippen LogP contribution is -2.23. The number of benzene rings is 2. The topological polar surface area (TPSA) is 68.0 Å². The maximum absolute atomic E-state index is 14.0. The van der Waals surface area contributed by atoms with Gasteiger partial charge < -0.3 is 9.73 Å². The van der Waals surface area contributed by atoms with E-state index in [1.54, 1.807) is 54.9 Å². The van der Waals surface area contributed by atoms with Crippen molar-refractivity contribution in [3.63, 3.8) is 0 Å². The van der Waals surface area contributed by atoms with Crippen LogP contribution in [-0.4, -0.2) is 15.9 Å². The molecule has 4 aromatic rings. The Kier molecular flexibility index (Phi) is 4.93. The second-order valence-corrected chi connectivity index (χ2v) is 6.10. The predicted octanol–water partition coefficient (Wildman–Crippen LogP) is 4.47. The van der Waals surface area contributed by atoms with Gasteiger partial charge in [-0.3, -0.25) is 9.78 Å². The smallest absolute Gasteiger partial charge is 0.252 e. The van der Waals surface area contributed by atoms with Crippen molar-refractivity contribution in [3.05, 3.63) is 96.2 Å². The average Bonchev–Trinajstić information content (AvgIpc) is 3.23. The summed E-state index contributed by atoms with van der Waals surface area (Å²) in [7, 11) is 0. The number of halogens is 1. The quantitative estimate of drug-likeness (QED) is 0.560. The van der Waals surface area contributed by atoms with Gasteiger partial charge in [-0.2, -0.15) is 0 Å². The molecule has 1 amide bonds. The molecule has 0 aliphatic rings. The van der Waals surface area contributed by atoms with Gasteiger partial charge in [-0.1, -0.05) is 30.3 Å². The number of carbonyl (C=O) groups is 1. The molecule has 0 atom stereocenters. The molecule has 0 aliphatic heterocycles. The van der Waals surface area contributed by atoms with Crippen LogP contribution in [0.4, 0.5) is 4.39 Å². The highest BCUT2D eigenvalue weighted by molar-refractivity contribution is 6.00. The standard InChI is InChI=1S/C22H16FN3O2/c23-19-10-4-3-9-18(19)20-14-26-22(28-20)17-8-2-1-7-16(17)21(27)25-13-15-6-5-11-24-12-15/h1-12,14H,13H2,(H,25,27). The first-order valence-corrected chi connectivity index (χ1v) is 8.69. The fourth-order valence-electron chi connectivity index (χ4n) is 2.83. The molecule has 2 aromatic carbocycles. The van der Waals surface area contributed by atoms with Crippen molar-refractivity contribution < 1.29 is 13.6 Å². The fraction of sp³-hybridized carbons (Fsp3) is 0.0455. The van der Waals surface area contributed by atoms with Crippen molar-refractivity contribution in [1.29, 1.82) is 0 Å². The SMILES string of the molecule is O=C(NCc1cccnc1)c1ccccc1-c1ncc(-c2ccccc2F)o1. The largest absolute Gasteiger partial charge is 0.436 e. The summed E-state index contributed by atoms with van der Waals surface area (Å²) in [5.41, 5.74) is 2.17. The van der Waals surface area contributed by atoms with Crippen LogP contribution in [0.5, 0.6) is 0 Å². The Balaban J connectivity index is 1.60. The number of pyridine rings is 1. The second-order valence-electron chi connectivity index (χ2n) is 6.10. The van der Waals surface area contributed by atoms with Crippen molar-refractivity contribution in [2.75, 3.05) is 0 Å². The van der Waals surface area contributed by atoms with Gasteiger partial charge in [0.25, 0.3) is 5.91 Å². The van der Waals surface area contributed by atoms with E-state index in [1.807, 2.05) is 12.1 Å². The highest BCUT2D eigenvalue weighted by atomic mass is 19.1. The van der Waals surface area contributed by atoms with E-state index in [1.165, 1.54) is 12.3 Å². The summed E-state index contributed by atoms with van der Waals surface area (Å²) in [4.78, 5) is 21.0. The summed E-state index contributed by atoms with van der Waals surface area (Å²) >= 11 is 0. The number of carbonyl (C=O) groups excluding carboxylic acids is 1. The molecule has 0 saturated heterocycles. The molecule has 0 bridgehead atoms. The van der Waals surface area contributed by atoms with Gasteiger partial charge in [-0.25, -0.2) is 9.37 Å². The van der Waals surface area contributed by atoms with Crippen LogP contribution in [-0.2, 0) is 6.54 Å². The summed E-state index contributed by atoms with van der Waals surface area (Å²) < 4.78 is 19.7. The van der Waals surface area contributed by atoms with Crippen LogP contribution in [0.1, 0.15) is 15.9 Å². The number of aromatic nitrogens is 2. The van der Waals surface area contributed by atoms with E-state index in [0.717, 1.165) is 5.56 Å². The Labute approximate surface area is 160 Å². The lowest BCUT2D eigenvalue weighted by atomic mass is 10.1. The molecule has 0 spiro atoms. The number of nitrogens with zero attached hydrogens (tertiary/aromatic N) is 2. The minimum atomic E-state index is -0.396. The number of nitrogens with one attached hydrogen (secondary N) is 1. The van der Waals surface area contributed by atoms with Gasteiger partial charge in [0.05, 0.1) is 17.3 Å². The van der Waals surface area contributed by atoms with Crippen LogP contribution >= 0.6 is 0 Å². The minimum absolute atomic E-state index is 0.255. The summed E-state index contributed by atoms with van der Waals surface area (Å²) in [5, 5.41) is 2.86. The fourth-order valence-corrected chi connectivity index (χ4v) is 2.83. The van der Waals surface area contributed by atoms with E-state index in [4.69, 9.17) is 4.42 Å². The molecule has 28 heavy (non-hydrogen) atoms. The predicted molar refractivity (Wildman–Crippen MR) is 103 cm³/mol. The molecular formula is C22H16FN3O2. The molecule has 0 unspecified atom stereocenters. The molecule has 2 heterocycles. The zero-order valence-electron chi connectivity index (χ0n) is 14.8. The van der Waals surface area contributed by atoms with Crippen molar-refractivity contribution in [2.45, 2.75) is 6.54 Å². The van der Waals surface area contributed by atoms with Crippen LogP contribution in [0.25, 0.3) is 22.8 Å². The molecule has 2 aromatic heterocycles. The average molecular weight is 373 g/mol. The van der Waals surface area contributed by atoms with E-state index in [2.05, 4.69) is 15.3 Å². The van der Waals surface area contributed by atoms with E-state index in [9.17, 15) is 9.18 Å². The lowest BCUT2D eigenvalue weighted by molar-refractivity contribution is 0.0951. The first-order chi connectivity index (χ1) is 13.7. The van der Waals surface area contributed by atoms with Crippen molar-refractivity contribution in [3.8, 4) is 22.8 Å². The molecule has 138 valence electrons. The Morgan fingerprint density at radius 3 is 2.54 bits per heavy atom. The van der Waals surface area contributed by atoms with Crippen LogP contribution in [0.15, 0.2) is 83.7 Å². The summed E-state index contributed by atoms with van der Waals surface area (Å²) in [6, 6.07) is 17.0. The normalized spacial score (nSPS) is 10.6. The molecule has 0 radical (unpaired) electrons. The number of hydrogen-bond donors (Lipinski definition) is 1. The molecular weight excluding hydrogens is 357 g/mol. The Morgan fingerprint density at radius 2 is 1.75 bits per heavy atom. The van der Waals surface area contributed by atoms with Gasteiger partial charge in [0, 0.05) is 24.5 Å². The van der Waals surface area contributed by atoms with Crippen LogP contribution in [0, 0.1) is 5.82 Å². The third kappa shape index (κ3) is 3.66. The van der Waals surface area contributed by atoms with Crippen LogP contribution in [0.2, 0.25) is 0 Å². The van der Waals surface area contributed by atoms with Crippen LogP contribution in [0.3, 0.4) is 0 Å². The monoisotopic (exact) mass is 373 g/mol. The number of oxazole rings is 1. The second kappa shape index (κ2) is 7.84. The Morgan fingerprint density at radius 1 is 0.964 bits per heavy atom. The first kappa shape index (κ1) is 17.6. The highest BCUT2D eigenvalue weighted by Crippen LogP contribution is 2.29. The van der Waals surface area contributed by atoms with Gasteiger partial charge in [0.15, 0.2) is 5.76 Å². The maximum Gasteiger partial charge on any atom is 0.252 e. The molecule has 0 saturated carbocycles. The Hall–Kier alpha value is -3.80. The number of rotatable bonds is 5. The van der Waals surface area contributed by atoms with Crippen LogP contribution < -0.4 is 5.32 Å². The third-order valence-corrected chi connectivity index (χ3v) is 4.22. The lowest BCUT2D eigenvalue weighted by Gasteiger charge is -2.08. The minimum Gasteiger partial charge on any atom is -0.436 e. The van der Waals surface area contributed by atoms with Gasteiger partial charge >= 0.3 is 0 Å². The van der Waals surface area contributed by atoms with E-state index >= 15 is 0 Å². The summed E-state index contributed by atoms with van der Waals surface area (Å²) in [6.07, 6.45) is 4.83. The van der Waals surface area contributed by atoms with E-state index in [-0.39, 0.29) is 11.8 Å². The molecule has 4 rings (SSSR count). The Bertz CT molecular complexity index is 1110. The zero-order chi connectivity index (χ0) is 19.3. The van der Waals surface area contributed by atoms with Gasteiger partial charge in [0.2, 0.25) is 5.89 Å². The van der Waals surface area contributed by atoms with Crippen molar-refractivity contribution in [2.24, 2.45) is 0 Å². The van der Waals surface area contributed by atoms with Gasteiger partial charge in [0.1, 0.15) is 5.82 Å². The molecule has 6 heteroatoms. The highest BCUT2D eigenvalue weighted by Gasteiger charge is 2.17. The number of amides is 1. The van der Waals surface area contributed by atoms with Gasteiger partial charge in [-0.15, -0.1) is 0 Å². The van der Waals surface area contributed by atoms with Crippen molar-refractivity contribution >= 4 is 5.91 Å². The molecule has 0 fully saturated rings. The van der Waals surface area contributed by atoms with Crippen molar-refractivity contribution in [1.82, 2.24) is 15.3 Å². The molecule has 5 nitrogen and oxygen atoms in total. The van der Waals surface area contributed by atoms with E-state index in [0.29, 0.717) is 29.0 Å². The zero-order valence-corrected chi connectivity index (χ0v) is 14.8. The molecule has 1 N–H and O–H groups in total. The number of hydrogen-bond acceptors (Lipinski definition) is 4. The maximum atomic E-state index is 14.0. The third-order valence-electron chi connectivity index (χ3n) is 4.22. The van der Waals surface area contributed by atoms with Gasteiger partial charge in [-0.05, 0) is 35.9 Å².